The molecule has 2 aromatic carbocycles. The van der Waals surface area contributed by atoms with Gasteiger partial charge in [0, 0.05) is 12.8 Å². The number of phosphoric ester groups is 1. The molecule has 2 aliphatic rings. The van der Waals surface area contributed by atoms with E-state index in [-0.39, 0.29) is 55.7 Å². The fourth-order valence-electron chi connectivity index (χ4n) is 6.05. The molecular weight excluding hydrogens is 701 g/mol. The highest BCUT2D eigenvalue weighted by Crippen LogP contribution is 2.49. The van der Waals surface area contributed by atoms with Crippen molar-refractivity contribution in [3.05, 3.63) is 105 Å². The largest absolute Gasteiger partial charge is 0.472 e. The van der Waals surface area contributed by atoms with E-state index in [1.807, 2.05) is 60.7 Å². The molecule has 0 spiro atoms. The Bertz CT molecular complexity index is 2150. The van der Waals surface area contributed by atoms with Gasteiger partial charge >= 0.3 is 13.5 Å². The Morgan fingerprint density at radius 2 is 1.48 bits per heavy atom. The predicted octanol–water partition coefficient (Wildman–Crippen LogP) is 1.82. The van der Waals surface area contributed by atoms with Gasteiger partial charge in [0.15, 0.2) is 11.2 Å². The Labute approximate surface area is 295 Å². The van der Waals surface area contributed by atoms with Gasteiger partial charge in [0.05, 0.1) is 38.9 Å². The summed E-state index contributed by atoms with van der Waals surface area (Å²) in [6.07, 6.45) is -2.29. The lowest BCUT2D eigenvalue weighted by atomic mass is 10.1. The molecule has 2 fully saturated rings. The maximum Gasteiger partial charge on any atom is 0.472 e. The number of anilines is 2. The summed E-state index contributed by atoms with van der Waals surface area (Å²) in [5.74, 6) is -0.302. The number of fused-ring (bicyclic) bond motifs is 1. The Morgan fingerprint density at radius 1 is 0.846 bits per heavy atom. The monoisotopic (exact) mass is 737 g/mol. The molecule has 3 aromatic heterocycles. The van der Waals surface area contributed by atoms with Crippen LogP contribution in [0.15, 0.2) is 82.9 Å². The molecule has 7 rings (SSSR count). The second-order valence-electron chi connectivity index (χ2n) is 12.2. The molecule has 52 heavy (non-hydrogen) atoms. The Hall–Kier alpha value is -4.85. The molecule has 0 bridgehead atoms. The average Bonchev–Trinajstić information content (AvgIpc) is 3.84. The zero-order valence-corrected chi connectivity index (χ0v) is 28.4. The van der Waals surface area contributed by atoms with Crippen molar-refractivity contribution in [2.75, 3.05) is 24.7 Å². The smallest absolute Gasteiger partial charge is 0.374 e. The third kappa shape index (κ3) is 8.27. The van der Waals surface area contributed by atoms with E-state index >= 15 is 0 Å². The summed E-state index contributed by atoms with van der Waals surface area (Å²) in [4.78, 5) is 54.2. The highest BCUT2D eigenvalue weighted by molar-refractivity contribution is 7.47. The first-order valence-corrected chi connectivity index (χ1v) is 17.8. The number of aromatic nitrogens is 7. The maximum atomic E-state index is 13.5. The topological polar surface area (TPSA) is 256 Å². The van der Waals surface area contributed by atoms with Crippen LogP contribution in [0.2, 0.25) is 0 Å². The molecule has 19 nitrogen and oxygen atoms in total. The maximum absolute atomic E-state index is 13.5. The molecule has 5 aromatic rings. The summed E-state index contributed by atoms with van der Waals surface area (Å²) in [6.45, 7) is 0.0114. The van der Waals surface area contributed by atoms with Crippen LogP contribution in [0.1, 0.15) is 36.4 Å². The zero-order chi connectivity index (χ0) is 36.2. The van der Waals surface area contributed by atoms with Crippen molar-refractivity contribution in [2.45, 2.75) is 62.9 Å². The molecule has 0 aliphatic carbocycles. The van der Waals surface area contributed by atoms with Crippen LogP contribution in [0.4, 0.5) is 11.9 Å². The first-order valence-electron chi connectivity index (χ1n) is 16.3. The zero-order valence-electron chi connectivity index (χ0n) is 27.5. The van der Waals surface area contributed by atoms with Gasteiger partial charge in [0.25, 0.3) is 5.56 Å². The lowest BCUT2D eigenvalue weighted by Gasteiger charge is -2.23. The van der Waals surface area contributed by atoms with E-state index in [9.17, 15) is 19.0 Å². The number of nitrogens with zero attached hydrogens (tertiary/aromatic N) is 6. The molecule has 274 valence electrons. The van der Waals surface area contributed by atoms with E-state index in [2.05, 4.69) is 24.9 Å². The van der Waals surface area contributed by atoms with Crippen molar-refractivity contribution in [2.24, 2.45) is 0 Å². The van der Waals surface area contributed by atoms with Crippen molar-refractivity contribution in [3.8, 4) is 0 Å². The molecule has 0 radical (unpaired) electrons. The molecule has 0 amide bonds. The van der Waals surface area contributed by atoms with E-state index < -0.39 is 62.6 Å². The second-order valence-corrected chi connectivity index (χ2v) is 13.6. The summed E-state index contributed by atoms with van der Waals surface area (Å²) in [5.41, 5.74) is 12.1. The van der Waals surface area contributed by atoms with Crippen LogP contribution >= 0.6 is 7.82 Å². The third-order valence-corrected chi connectivity index (χ3v) is 9.56. The summed E-state index contributed by atoms with van der Waals surface area (Å²) in [5, 5.41) is 0. The number of rotatable bonds is 14. The van der Waals surface area contributed by atoms with Crippen molar-refractivity contribution in [1.82, 2.24) is 34.1 Å². The third-order valence-electron chi connectivity index (χ3n) is 8.55. The molecule has 2 aliphatic heterocycles. The minimum Gasteiger partial charge on any atom is -0.374 e. The van der Waals surface area contributed by atoms with Crippen molar-refractivity contribution in [1.29, 1.82) is 0 Å². The summed E-state index contributed by atoms with van der Waals surface area (Å²) >= 11 is 0. The van der Waals surface area contributed by atoms with Gasteiger partial charge in [-0.1, -0.05) is 60.7 Å². The van der Waals surface area contributed by atoms with Crippen LogP contribution in [-0.2, 0) is 45.8 Å². The molecule has 0 saturated carbocycles. The van der Waals surface area contributed by atoms with Gasteiger partial charge in [0.1, 0.15) is 37.1 Å². The molecule has 6 N–H and O–H groups in total. The number of ether oxygens (including phenoxy) is 4. The number of imidazole rings is 1. The summed E-state index contributed by atoms with van der Waals surface area (Å²) < 4.78 is 51.8. The van der Waals surface area contributed by atoms with Crippen molar-refractivity contribution in [3.63, 3.8) is 0 Å². The van der Waals surface area contributed by atoms with Crippen LogP contribution in [0.25, 0.3) is 11.2 Å². The van der Waals surface area contributed by atoms with Gasteiger partial charge < -0.3 is 35.3 Å². The van der Waals surface area contributed by atoms with Crippen molar-refractivity contribution < 1.29 is 37.5 Å². The van der Waals surface area contributed by atoms with E-state index in [4.69, 9.17) is 39.5 Å². The molecule has 2 unspecified atom stereocenters. The lowest BCUT2D eigenvalue weighted by molar-refractivity contribution is -0.0751. The molecule has 2 saturated heterocycles. The number of nitrogen functional groups attached to an aromatic ring is 2. The Kier molecular flexibility index (Phi) is 10.5. The normalized spacial score (nSPS) is 24.3. The minimum atomic E-state index is -4.80. The van der Waals surface area contributed by atoms with Gasteiger partial charge in [-0.05, 0) is 11.1 Å². The molecule has 20 heteroatoms. The van der Waals surface area contributed by atoms with Crippen molar-refractivity contribution >= 4 is 30.9 Å². The lowest BCUT2D eigenvalue weighted by Crippen LogP contribution is -2.31. The number of phosphoric acid groups is 1. The van der Waals surface area contributed by atoms with Crippen LogP contribution < -0.4 is 22.7 Å². The van der Waals surface area contributed by atoms with Gasteiger partial charge in [-0.2, -0.15) is 9.97 Å². The molecular formula is C32H36N9O10P. The summed E-state index contributed by atoms with van der Waals surface area (Å²) in [6, 6.07) is 18.8. The van der Waals surface area contributed by atoms with Gasteiger partial charge in [-0.15, -0.1) is 0 Å². The fraction of sp³-hybridized carbons (Fsp3) is 0.375. The van der Waals surface area contributed by atoms with E-state index in [1.54, 1.807) is 0 Å². The Morgan fingerprint density at radius 3 is 2.19 bits per heavy atom. The standard InChI is InChI=1S/C32H36N9O10P/c33-30-36-18-41(32(43)39-30)26-11-21(47-14-20-9-5-2-6-10-20)24(50-26)16-48-52(44,45)51-22-12-25(40-17-35-27-28(40)37-31(34)38-29(27)42)49-23(22)15-46-13-19-7-3-1-4-8-19/h1-10,17-18,21-26H,11-16H2,(H,44,45)(H2,33,39,43)(H3,34,37,38,42)/t21?,22-,23-,24-,25-,26-/m1/s1. The minimum absolute atomic E-state index is 0.0138. The first kappa shape index (κ1) is 35.5. The first-order chi connectivity index (χ1) is 25.1. The van der Waals surface area contributed by atoms with E-state index in [0.717, 1.165) is 15.7 Å². The van der Waals surface area contributed by atoms with Crippen LogP contribution in [0, 0.1) is 0 Å². The number of aromatic amines is 1. The number of nitrogens with one attached hydrogen (secondary N) is 1. The Balaban J connectivity index is 1.06. The molecule has 7 atom stereocenters. The van der Waals surface area contributed by atoms with Crippen LogP contribution in [0.3, 0.4) is 0 Å². The number of hydrogen-bond acceptors (Lipinski definition) is 15. The average molecular weight is 738 g/mol. The molecule has 5 heterocycles. The highest BCUT2D eigenvalue weighted by atomic mass is 31.2. The second kappa shape index (κ2) is 15.4. The van der Waals surface area contributed by atoms with Crippen LogP contribution in [-0.4, -0.2) is 76.6 Å². The number of hydrogen-bond donors (Lipinski definition) is 4. The van der Waals surface area contributed by atoms with Gasteiger partial charge in [-0.3, -0.25) is 28.0 Å². The van der Waals surface area contributed by atoms with Gasteiger partial charge in [0.2, 0.25) is 11.9 Å². The number of benzene rings is 2. The van der Waals surface area contributed by atoms with Gasteiger partial charge in [-0.25, -0.2) is 19.3 Å². The van der Waals surface area contributed by atoms with Crippen LogP contribution in [0.5, 0.6) is 0 Å². The number of H-pyrrole nitrogens is 1. The van der Waals surface area contributed by atoms with E-state index in [0.29, 0.717) is 0 Å². The quantitative estimate of drug-likeness (QED) is 0.119. The highest BCUT2D eigenvalue weighted by Gasteiger charge is 2.44. The number of nitrogens with two attached hydrogens (primary N) is 2. The predicted molar refractivity (Wildman–Crippen MR) is 182 cm³/mol. The fourth-order valence-corrected chi connectivity index (χ4v) is 7.01. The SMILES string of the molecule is Nc1ncn([C@H]2CC(OCc3ccccc3)[C@@H](COP(=O)(O)O[C@@H]3C[C@H](n4cnc5c(=O)[nH]c(N)nc54)O[C@@H]3COCc3ccccc3)O2)c(=O)n1. The van der Waals surface area contributed by atoms with E-state index in [1.165, 1.54) is 17.2 Å². The summed E-state index contributed by atoms with van der Waals surface area (Å²) in [7, 11) is -4.80.